The predicted molar refractivity (Wildman–Crippen MR) is 86.8 cm³/mol. The molecule has 3 aromatic rings. The van der Waals surface area contributed by atoms with Gasteiger partial charge in [-0.3, -0.25) is 4.79 Å². The number of hydrogen-bond acceptors (Lipinski definition) is 2. The van der Waals surface area contributed by atoms with Crippen LogP contribution in [0.1, 0.15) is 21.5 Å². The van der Waals surface area contributed by atoms with Crippen molar-refractivity contribution in [1.82, 2.24) is 4.98 Å². The Morgan fingerprint density at radius 3 is 2.48 bits per heavy atom. The molecule has 5 nitrogen and oxygen atoms in total. The van der Waals surface area contributed by atoms with E-state index in [9.17, 15) is 14.7 Å². The highest BCUT2D eigenvalue weighted by Gasteiger charge is 2.18. The Balaban J connectivity index is 2.31. The van der Waals surface area contributed by atoms with Gasteiger partial charge in [0.05, 0.1) is 17.7 Å². The van der Waals surface area contributed by atoms with Crippen LogP contribution in [0, 0.1) is 6.92 Å². The van der Waals surface area contributed by atoms with Gasteiger partial charge >= 0.3 is 11.9 Å². The molecule has 116 valence electrons. The molecule has 3 rings (SSSR count). The standard InChI is InChI=1S/C18H15NO4/c1-10-4-2-3-5-12(10)17-14(9-16(20)21)13-8-11(18(22)23)6-7-15(13)19-17/h2-8,19H,9H2,1H3,(H,20,21)(H,22,23). The zero-order valence-electron chi connectivity index (χ0n) is 12.5. The molecule has 0 unspecified atom stereocenters. The molecule has 2 aromatic carbocycles. The molecule has 23 heavy (non-hydrogen) atoms. The minimum Gasteiger partial charge on any atom is -0.481 e. The molecule has 0 aliphatic carbocycles. The predicted octanol–water partition coefficient (Wildman–Crippen LogP) is 3.47. The van der Waals surface area contributed by atoms with Gasteiger partial charge in [0.2, 0.25) is 0 Å². The number of H-pyrrole nitrogens is 1. The van der Waals surface area contributed by atoms with Crippen molar-refractivity contribution in [3.05, 3.63) is 59.2 Å². The number of carboxylic acids is 2. The molecule has 0 aliphatic heterocycles. The minimum absolute atomic E-state index is 0.138. The van der Waals surface area contributed by atoms with Crippen molar-refractivity contribution in [2.45, 2.75) is 13.3 Å². The van der Waals surface area contributed by atoms with Crippen LogP contribution in [0.2, 0.25) is 0 Å². The fourth-order valence-corrected chi connectivity index (χ4v) is 2.80. The second-order valence-electron chi connectivity index (χ2n) is 5.43. The van der Waals surface area contributed by atoms with E-state index in [0.29, 0.717) is 10.9 Å². The van der Waals surface area contributed by atoms with Crippen molar-refractivity contribution >= 4 is 22.8 Å². The summed E-state index contributed by atoms with van der Waals surface area (Å²) in [6.45, 7) is 1.95. The second kappa shape index (κ2) is 5.61. The summed E-state index contributed by atoms with van der Waals surface area (Å²) in [5.74, 6) is -1.99. The molecule has 5 heteroatoms. The van der Waals surface area contributed by atoms with E-state index in [0.717, 1.165) is 22.3 Å². The number of rotatable bonds is 4. The molecule has 0 bridgehead atoms. The summed E-state index contributed by atoms with van der Waals surface area (Å²) in [4.78, 5) is 25.7. The quantitative estimate of drug-likeness (QED) is 0.688. The molecule has 0 amide bonds. The van der Waals surface area contributed by atoms with Crippen LogP contribution in [-0.4, -0.2) is 27.1 Å². The molecule has 1 aromatic heterocycles. The lowest BCUT2D eigenvalue weighted by Crippen LogP contribution is -2.02. The first kappa shape index (κ1) is 14.8. The maximum Gasteiger partial charge on any atom is 0.335 e. The Morgan fingerprint density at radius 1 is 1.09 bits per heavy atom. The molecule has 0 atom stereocenters. The van der Waals surface area contributed by atoms with Crippen molar-refractivity contribution in [2.75, 3.05) is 0 Å². The maximum atomic E-state index is 11.3. The average Bonchev–Trinajstić information content (AvgIpc) is 2.85. The molecular weight excluding hydrogens is 294 g/mol. The lowest BCUT2D eigenvalue weighted by Gasteiger charge is -2.06. The highest BCUT2D eigenvalue weighted by atomic mass is 16.4. The van der Waals surface area contributed by atoms with Crippen molar-refractivity contribution < 1.29 is 19.8 Å². The zero-order chi connectivity index (χ0) is 16.6. The maximum absolute atomic E-state index is 11.3. The zero-order valence-corrected chi connectivity index (χ0v) is 12.5. The SMILES string of the molecule is Cc1ccccc1-c1[nH]c2ccc(C(=O)O)cc2c1CC(=O)O. The summed E-state index contributed by atoms with van der Waals surface area (Å²) in [5.41, 5.74) is 4.12. The van der Waals surface area contributed by atoms with Crippen LogP contribution in [0.5, 0.6) is 0 Å². The van der Waals surface area contributed by atoms with Crippen LogP contribution in [0.4, 0.5) is 0 Å². The van der Waals surface area contributed by atoms with Gasteiger partial charge in [-0.15, -0.1) is 0 Å². The Bertz CT molecular complexity index is 924. The number of aryl methyl sites for hydroxylation is 1. The van der Waals surface area contributed by atoms with Crippen molar-refractivity contribution in [2.24, 2.45) is 0 Å². The smallest absolute Gasteiger partial charge is 0.335 e. The van der Waals surface area contributed by atoms with E-state index >= 15 is 0 Å². The van der Waals surface area contributed by atoms with Crippen LogP contribution in [0.3, 0.4) is 0 Å². The van der Waals surface area contributed by atoms with Gasteiger partial charge < -0.3 is 15.2 Å². The topological polar surface area (TPSA) is 90.4 Å². The number of carboxylic acid groups (broad SMARTS) is 2. The number of aliphatic carboxylic acids is 1. The number of carbonyl (C=O) groups is 2. The van der Waals surface area contributed by atoms with Crippen molar-refractivity contribution in [1.29, 1.82) is 0 Å². The minimum atomic E-state index is -1.04. The number of fused-ring (bicyclic) bond motifs is 1. The molecule has 0 aliphatic rings. The Hall–Kier alpha value is -3.08. The van der Waals surface area contributed by atoms with Crippen LogP contribution >= 0.6 is 0 Å². The summed E-state index contributed by atoms with van der Waals surface area (Å²) in [6, 6.07) is 12.4. The molecule has 0 saturated heterocycles. The summed E-state index contributed by atoms with van der Waals surface area (Å²) in [5, 5.41) is 19.0. The Kier molecular flexibility index (Phi) is 3.62. The fourth-order valence-electron chi connectivity index (χ4n) is 2.80. The van der Waals surface area contributed by atoms with Gasteiger partial charge in [0.25, 0.3) is 0 Å². The first-order valence-electron chi connectivity index (χ1n) is 7.13. The van der Waals surface area contributed by atoms with E-state index in [4.69, 9.17) is 5.11 Å². The van der Waals surface area contributed by atoms with Gasteiger partial charge in [-0.25, -0.2) is 4.79 Å². The lowest BCUT2D eigenvalue weighted by molar-refractivity contribution is -0.136. The van der Waals surface area contributed by atoms with Crippen LogP contribution < -0.4 is 0 Å². The van der Waals surface area contributed by atoms with E-state index in [1.165, 1.54) is 12.1 Å². The van der Waals surface area contributed by atoms with E-state index in [2.05, 4.69) is 4.98 Å². The van der Waals surface area contributed by atoms with Gasteiger partial charge in [0.15, 0.2) is 0 Å². The molecule has 0 saturated carbocycles. The third-order valence-electron chi connectivity index (χ3n) is 3.90. The number of hydrogen-bond donors (Lipinski definition) is 3. The summed E-state index contributed by atoms with van der Waals surface area (Å²) >= 11 is 0. The van der Waals surface area contributed by atoms with E-state index in [1.807, 2.05) is 31.2 Å². The van der Waals surface area contributed by atoms with E-state index < -0.39 is 11.9 Å². The van der Waals surface area contributed by atoms with Crippen molar-refractivity contribution in [3.8, 4) is 11.3 Å². The van der Waals surface area contributed by atoms with Crippen LogP contribution in [0.15, 0.2) is 42.5 Å². The number of aromatic amines is 1. The summed E-state index contributed by atoms with van der Waals surface area (Å²) in [7, 11) is 0. The number of aromatic carboxylic acids is 1. The highest BCUT2D eigenvalue weighted by molar-refractivity contribution is 5.99. The van der Waals surface area contributed by atoms with Gasteiger partial charge in [0.1, 0.15) is 0 Å². The first-order chi connectivity index (χ1) is 11.0. The number of nitrogens with one attached hydrogen (secondary N) is 1. The van der Waals surface area contributed by atoms with Gasteiger partial charge in [-0.2, -0.15) is 0 Å². The van der Waals surface area contributed by atoms with Crippen molar-refractivity contribution in [3.63, 3.8) is 0 Å². The molecule has 3 N–H and O–H groups in total. The van der Waals surface area contributed by atoms with Gasteiger partial charge in [-0.05, 0) is 36.2 Å². The third kappa shape index (κ3) is 2.68. The number of benzene rings is 2. The first-order valence-corrected chi connectivity index (χ1v) is 7.13. The van der Waals surface area contributed by atoms with Gasteiger partial charge in [-0.1, -0.05) is 24.3 Å². The van der Waals surface area contributed by atoms with E-state index in [-0.39, 0.29) is 12.0 Å². The summed E-state index contributed by atoms with van der Waals surface area (Å²) in [6.07, 6.45) is -0.174. The highest BCUT2D eigenvalue weighted by Crippen LogP contribution is 2.33. The molecule has 0 fully saturated rings. The average molecular weight is 309 g/mol. The molecular formula is C18H15NO4. The fraction of sp³-hybridized carbons (Fsp3) is 0.111. The monoisotopic (exact) mass is 309 g/mol. The van der Waals surface area contributed by atoms with E-state index in [1.54, 1.807) is 6.07 Å². The van der Waals surface area contributed by atoms with Crippen LogP contribution in [0.25, 0.3) is 22.2 Å². The molecule has 1 heterocycles. The lowest BCUT2D eigenvalue weighted by atomic mass is 9.99. The summed E-state index contributed by atoms with van der Waals surface area (Å²) < 4.78 is 0. The van der Waals surface area contributed by atoms with Gasteiger partial charge in [0, 0.05) is 16.5 Å². The van der Waals surface area contributed by atoms with Crippen LogP contribution in [-0.2, 0) is 11.2 Å². The molecule has 0 radical (unpaired) electrons. The number of aromatic nitrogens is 1. The molecule has 0 spiro atoms. The Labute approximate surface area is 132 Å². The second-order valence-corrected chi connectivity index (χ2v) is 5.43. The normalized spacial score (nSPS) is 10.8. The Morgan fingerprint density at radius 2 is 1.83 bits per heavy atom. The third-order valence-corrected chi connectivity index (χ3v) is 3.90. The largest absolute Gasteiger partial charge is 0.481 e.